The molecule has 222 valence electrons. The number of amides is 1. The Balaban J connectivity index is 1.67. The Hall–Kier alpha value is -4.19. The molecule has 0 spiro atoms. The van der Waals surface area contributed by atoms with Crippen molar-refractivity contribution in [1.29, 1.82) is 0 Å². The number of hydrogen-bond donors (Lipinski definition) is 2. The van der Waals surface area contributed by atoms with Gasteiger partial charge in [-0.05, 0) is 71.9 Å². The summed E-state index contributed by atoms with van der Waals surface area (Å²) in [6.45, 7) is 7.14. The number of aryl methyl sites for hydroxylation is 1. The lowest BCUT2D eigenvalue weighted by Crippen LogP contribution is -2.21. The van der Waals surface area contributed by atoms with E-state index in [0.717, 1.165) is 61.0 Å². The lowest BCUT2D eigenvalue weighted by molar-refractivity contribution is -0.108. The second kappa shape index (κ2) is 16.3. The molecule has 0 aromatic heterocycles. The molecule has 0 heterocycles. The Bertz CT molecular complexity index is 1340. The van der Waals surface area contributed by atoms with Crippen molar-refractivity contribution in [3.8, 4) is 5.75 Å². The van der Waals surface area contributed by atoms with Gasteiger partial charge in [0.05, 0.1) is 5.56 Å². The van der Waals surface area contributed by atoms with Crippen molar-refractivity contribution in [3.63, 3.8) is 0 Å². The van der Waals surface area contributed by atoms with E-state index in [4.69, 9.17) is 4.74 Å². The average Bonchev–Trinajstić information content (AvgIpc) is 2.99. The number of carboxylic acid groups (broad SMARTS) is 1. The number of hydrogen-bond acceptors (Lipinski definition) is 4. The lowest BCUT2D eigenvalue weighted by Gasteiger charge is -2.19. The summed E-state index contributed by atoms with van der Waals surface area (Å²) in [7, 11) is 1.69. The summed E-state index contributed by atoms with van der Waals surface area (Å²) in [6, 6.07) is 23.9. The number of carbonyl (C=O) groups excluding carboxylic acids is 1. The van der Waals surface area contributed by atoms with Crippen molar-refractivity contribution >= 4 is 24.3 Å². The van der Waals surface area contributed by atoms with E-state index in [1.54, 1.807) is 19.2 Å². The molecule has 0 radical (unpaired) electrons. The molecule has 6 heteroatoms. The third-order valence-corrected chi connectivity index (χ3v) is 7.42. The summed E-state index contributed by atoms with van der Waals surface area (Å²) in [5, 5.41) is 11.9. The smallest absolute Gasteiger partial charge is 0.335 e. The number of unbranched alkanes of at least 4 members (excludes halogenated alkanes) is 1. The maximum atomic E-state index is 11.2. The van der Waals surface area contributed by atoms with Crippen LogP contribution in [0.1, 0.15) is 85.5 Å². The van der Waals surface area contributed by atoms with Gasteiger partial charge in [-0.15, -0.1) is 0 Å². The zero-order chi connectivity index (χ0) is 30.4. The first kappa shape index (κ1) is 32.3. The number of nitrogens with one attached hydrogen (secondary N) is 1. The number of rotatable bonds is 15. The van der Waals surface area contributed by atoms with E-state index in [-0.39, 0.29) is 5.41 Å². The Kier molecular flexibility index (Phi) is 12.5. The van der Waals surface area contributed by atoms with Gasteiger partial charge >= 0.3 is 5.97 Å². The van der Waals surface area contributed by atoms with Crippen LogP contribution < -0.4 is 10.1 Å². The Morgan fingerprint density at radius 3 is 2.29 bits per heavy atom. The molecule has 0 saturated heterocycles. The van der Waals surface area contributed by atoms with Crippen LogP contribution >= 0.6 is 0 Å². The minimum absolute atomic E-state index is 0.119. The first-order valence-electron chi connectivity index (χ1n) is 14.7. The number of carboxylic acids is 1. The molecular weight excluding hydrogens is 524 g/mol. The van der Waals surface area contributed by atoms with Gasteiger partial charge in [-0.25, -0.2) is 4.79 Å². The maximum Gasteiger partial charge on any atom is 0.335 e. The molecule has 3 aromatic carbocycles. The number of ether oxygens (including phenoxy) is 1. The van der Waals surface area contributed by atoms with Gasteiger partial charge in [-0.3, -0.25) is 9.79 Å². The second-order valence-electron chi connectivity index (χ2n) is 11.6. The fraction of sp³-hybridized carbons (Fsp3) is 0.361. The fourth-order valence-corrected chi connectivity index (χ4v) is 4.77. The molecule has 3 rings (SSSR count). The number of carbonyl (C=O) groups is 2. The number of aliphatic imine (C=N–C) groups is 1. The van der Waals surface area contributed by atoms with Gasteiger partial charge in [0.1, 0.15) is 18.2 Å². The van der Waals surface area contributed by atoms with E-state index in [1.165, 1.54) is 5.56 Å². The van der Waals surface area contributed by atoms with Crippen LogP contribution in [-0.4, -0.2) is 30.4 Å². The summed E-state index contributed by atoms with van der Waals surface area (Å²) in [5.41, 5.74) is 5.01. The van der Waals surface area contributed by atoms with Crippen LogP contribution in [0, 0.1) is 5.92 Å². The third kappa shape index (κ3) is 10.7. The van der Waals surface area contributed by atoms with Gasteiger partial charge in [0, 0.05) is 19.0 Å². The van der Waals surface area contributed by atoms with Crippen molar-refractivity contribution in [2.75, 3.05) is 7.05 Å². The van der Waals surface area contributed by atoms with Crippen LogP contribution in [0.2, 0.25) is 0 Å². The van der Waals surface area contributed by atoms with Gasteiger partial charge in [0.25, 0.3) is 0 Å². The minimum Gasteiger partial charge on any atom is -0.488 e. The SMILES string of the molecule is CN=C(CCCCC(/C=C/c1ccccc1OCc1ccc(C(C)(C)C)cc1)CCc1ccc(C(=O)O)cc1)NC=O. The Labute approximate surface area is 250 Å². The van der Waals surface area contributed by atoms with E-state index < -0.39 is 5.97 Å². The summed E-state index contributed by atoms with van der Waals surface area (Å²) in [6.07, 6.45) is 10.5. The van der Waals surface area contributed by atoms with Crippen LogP contribution in [0.3, 0.4) is 0 Å². The zero-order valence-corrected chi connectivity index (χ0v) is 25.3. The van der Waals surface area contributed by atoms with Crippen LogP contribution in [-0.2, 0) is 23.2 Å². The number of nitrogens with zero attached hydrogens (tertiary/aromatic N) is 1. The van der Waals surface area contributed by atoms with E-state index in [1.807, 2.05) is 30.3 Å². The first-order valence-corrected chi connectivity index (χ1v) is 14.7. The number of amidine groups is 1. The normalized spacial score (nSPS) is 12.7. The van der Waals surface area contributed by atoms with Crippen molar-refractivity contribution in [2.45, 2.75) is 71.3 Å². The summed E-state index contributed by atoms with van der Waals surface area (Å²) < 4.78 is 6.25. The van der Waals surface area contributed by atoms with Crippen LogP contribution in [0.25, 0.3) is 6.08 Å². The van der Waals surface area contributed by atoms with Crippen LogP contribution in [0.5, 0.6) is 5.75 Å². The lowest BCUT2D eigenvalue weighted by atomic mass is 9.87. The molecule has 0 aliphatic carbocycles. The molecule has 6 nitrogen and oxygen atoms in total. The number of benzene rings is 3. The molecular formula is C36H44N2O4. The highest BCUT2D eigenvalue weighted by atomic mass is 16.5. The predicted molar refractivity (Wildman–Crippen MR) is 171 cm³/mol. The molecule has 0 fully saturated rings. The molecule has 0 bridgehead atoms. The molecule has 0 aliphatic heterocycles. The highest BCUT2D eigenvalue weighted by Crippen LogP contribution is 2.26. The highest BCUT2D eigenvalue weighted by Gasteiger charge is 2.13. The largest absolute Gasteiger partial charge is 0.488 e. The van der Waals surface area contributed by atoms with Gasteiger partial charge < -0.3 is 15.2 Å². The molecule has 2 N–H and O–H groups in total. The highest BCUT2D eigenvalue weighted by molar-refractivity contribution is 5.90. The summed E-state index contributed by atoms with van der Waals surface area (Å²) in [4.78, 5) is 26.1. The third-order valence-electron chi connectivity index (χ3n) is 7.42. The quantitative estimate of drug-likeness (QED) is 0.0845. The number of para-hydroxylation sites is 1. The Morgan fingerprint density at radius 2 is 1.64 bits per heavy atom. The van der Waals surface area contributed by atoms with E-state index in [2.05, 4.69) is 73.6 Å². The van der Waals surface area contributed by atoms with Gasteiger partial charge in [-0.2, -0.15) is 0 Å². The average molecular weight is 569 g/mol. The predicted octanol–water partition coefficient (Wildman–Crippen LogP) is 7.86. The van der Waals surface area contributed by atoms with Crippen molar-refractivity contribution in [1.82, 2.24) is 5.32 Å². The van der Waals surface area contributed by atoms with Gasteiger partial charge in [0.15, 0.2) is 0 Å². The first-order chi connectivity index (χ1) is 20.2. The standard InChI is InChI=1S/C36H44N2O4/c1-36(2,3)32-23-18-29(19-24-32)25-42-33-11-7-6-10-30(33)20-15-27(9-5-8-12-34(37-4)38-26-39)13-14-28-16-21-31(22-17-28)35(40)41/h6-7,10-11,15-24,26-27H,5,8-9,12-14,25H2,1-4H3,(H,40,41)(H,37,38,39)/b20-15+. The number of aromatic carboxylic acids is 1. The van der Waals surface area contributed by atoms with Crippen molar-refractivity contribution in [3.05, 3.63) is 107 Å². The molecule has 1 atom stereocenters. The van der Waals surface area contributed by atoms with Gasteiger partial charge in [0.2, 0.25) is 6.41 Å². The van der Waals surface area contributed by atoms with Crippen molar-refractivity contribution < 1.29 is 19.4 Å². The minimum atomic E-state index is -0.913. The van der Waals surface area contributed by atoms with Crippen LogP contribution in [0.4, 0.5) is 0 Å². The van der Waals surface area contributed by atoms with E-state index >= 15 is 0 Å². The Morgan fingerprint density at radius 1 is 0.952 bits per heavy atom. The van der Waals surface area contributed by atoms with E-state index in [9.17, 15) is 14.7 Å². The molecule has 0 aliphatic rings. The monoisotopic (exact) mass is 568 g/mol. The summed E-state index contributed by atoms with van der Waals surface area (Å²) in [5.74, 6) is 0.961. The van der Waals surface area contributed by atoms with Crippen LogP contribution in [0.15, 0.2) is 83.9 Å². The molecule has 0 saturated carbocycles. The number of allylic oxidation sites excluding steroid dienone is 1. The maximum absolute atomic E-state index is 11.2. The van der Waals surface area contributed by atoms with Crippen molar-refractivity contribution in [2.24, 2.45) is 10.9 Å². The molecule has 3 aromatic rings. The molecule has 1 unspecified atom stereocenters. The van der Waals surface area contributed by atoms with Gasteiger partial charge in [-0.1, -0.05) is 93.9 Å². The summed E-state index contributed by atoms with van der Waals surface area (Å²) >= 11 is 0. The second-order valence-corrected chi connectivity index (χ2v) is 11.6. The molecule has 1 amide bonds. The van der Waals surface area contributed by atoms with E-state index in [0.29, 0.717) is 30.3 Å². The zero-order valence-electron chi connectivity index (χ0n) is 25.3. The molecule has 42 heavy (non-hydrogen) atoms. The topological polar surface area (TPSA) is 88.0 Å². The fourth-order valence-electron chi connectivity index (χ4n) is 4.77.